The van der Waals surface area contributed by atoms with Crippen molar-refractivity contribution in [1.82, 2.24) is 4.90 Å². The van der Waals surface area contributed by atoms with E-state index in [1.807, 2.05) is 6.92 Å². The van der Waals surface area contributed by atoms with Crippen molar-refractivity contribution in [2.45, 2.75) is 18.7 Å². The van der Waals surface area contributed by atoms with Gasteiger partial charge in [0.1, 0.15) is 5.75 Å². The van der Waals surface area contributed by atoms with E-state index in [1.165, 1.54) is 6.07 Å². The van der Waals surface area contributed by atoms with Gasteiger partial charge in [-0.25, -0.2) is 0 Å². The predicted molar refractivity (Wildman–Crippen MR) is 65.0 cm³/mol. The maximum absolute atomic E-state index is 11.9. The molecule has 0 bridgehead atoms. The molecule has 16 heavy (non-hydrogen) atoms. The number of alkyl halides is 1. The van der Waals surface area contributed by atoms with Crippen molar-refractivity contribution in [2.75, 3.05) is 13.6 Å². The molecule has 0 saturated carbocycles. The molecule has 0 spiro atoms. The molecule has 1 rings (SSSR count). The highest BCUT2D eigenvalue weighted by Gasteiger charge is 2.15. The Balaban J connectivity index is 2.67. The summed E-state index contributed by atoms with van der Waals surface area (Å²) in [6.45, 7) is 2.47. The zero-order valence-corrected chi connectivity index (χ0v) is 10.2. The lowest BCUT2D eigenvalue weighted by atomic mass is 10.1. The smallest absolute Gasteiger partial charge is 0.257 e. The molecule has 4 heteroatoms. The first kappa shape index (κ1) is 12.8. The zero-order chi connectivity index (χ0) is 12.1. The Labute approximate surface area is 101 Å². The molecule has 88 valence electrons. The molecule has 0 fully saturated rings. The van der Waals surface area contributed by atoms with E-state index in [0.717, 1.165) is 6.42 Å². The molecule has 1 atom stereocenters. The van der Waals surface area contributed by atoms with Gasteiger partial charge in [-0.15, -0.1) is 11.6 Å². The highest BCUT2D eigenvalue weighted by Crippen LogP contribution is 2.17. The molecule has 0 radical (unpaired) electrons. The molecule has 0 saturated heterocycles. The lowest BCUT2D eigenvalue weighted by molar-refractivity contribution is 0.0790. The van der Waals surface area contributed by atoms with E-state index in [1.54, 1.807) is 30.1 Å². The molecule has 1 aromatic rings. The number of para-hydroxylation sites is 1. The maximum Gasteiger partial charge on any atom is 0.257 e. The summed E-state index contributed by atoms with van der Waals surface area (Å²) >= 11 is 5.82. The highest BCUT2D eigenvalue weighted by atomic mass is 35.5. The molecule has 1 unspecified atom stereocenters. The molecule has 3 nitrogen and oxygen atoms in total. The van der Waals surface area contributed by atoms with Crippen molar-refractivity contribution in [1.29, 1.82) is 0 Å². The van der Waals surface area contributed by atoms with Crippen LogP contribution in [0.15, 0.2) is 24.3 Å². The topological polar surface area (TPSA) is 40.5 Å². The van der Waals surface area contributed by atoms with Crippen LogP contribution in [0, 0.1) is 0 Å². The minimum Gasteiger partial charge on any atom is -0.507 e. The number of nitrogens with zero attached hydrogens (tertiary/aromatic N) is 1. The quantitative estimate of drug-likeness (QED) is 0.823. The second kappa shape index (κ2) is 5.75. The van der Waals surface area contributed by atoms with Crippen LogP contribution >= 0.6 is 11.6 Å². The van der Waals surface area contributed by atoms with E-state index < -0.39 is 0 Å². The van der Waals surface area contributed by atoms with Crippen molar-refractivity contribution in [2.24, 2.45) is 0 Å². The third-order valence-corrected chi connectivity index (χ3v) is 2.56. The highest BCUT2D eigenvalue weighted by molar-refractivity contribution is 6.20. The van der Waals surface area contributed by atoms with Gasteiger partial charge in [-0.3, -0.25) is 4.79 Å². The maximum atomic E-state index is 11.9. The average molecular weight is 242 g/mol. The largest absolute Gasteiger partial charge is 0.507 e. The number of carbonyl (C=O) groups is 1. The molecule has 1 aromatic carbocycles. The van der Waals surface area contributed by atoms with Gasteiger partial charge in [0.05, 0.1) is 5.56 Å². The summed E-state index contributed by atoms with van der Waals surface area (Å²) in [6.07, 6.45) is 0.734. The Hall–Kier alpha value is -1.22. The van der Waals surface area contributed by atoms with Gasteiger partial charge in [-0.1, -0.05) is 12.1 Å². The molecule has 0 aliphatic rings. The third-order valence-electron chi connectivity index (χ3n) is 2.34. The van der Waals surface area contributed by atoms with Gasteiger partial charge in [-0.05, 0) is 25.5 Å². The molecule has 1 amide bonds. The molecule has 0 aliphatic carbocycles. The number of aromatic hydroxyl groups is 1. The standard InChI is InChI=1S/C12H16ClNO2/c1-9(13)7-8-14(2)12(16)10-5-3-4-6-11(10)15/h3-6,9,15H,7-8H2,1-2H3. The van der Waals surface area contributed by atoms with Crippen molar-refractivity contribution in [3.05, 3.63) is 29.8 Å². The Morgan fingerprint density at radius 2 is 2.12 bits per heavy atom. The van der Waals surface area contributed by atoms with Crippen LogP contribution in [0.25, 0.3) is 0 Å². The van der Waals surface area contributed by atoms with Crippen LogP contribution in [0.5, 0.6) is 5.75 Å². The van der Waals surface area contributed by atoms with Crippen molar-refractivity contribution < 1.29 is 9.90 Å². The van der Waals surface area contributed by atoms with Crippen molar-refractivity contribution in [3.8, 4) is 5.75 Å². The number of hydrogen-bond donors (Lipinski definition) is 1. The summed E-state index contributed by atoms with van der Waals surface area (Å²) in [7, 11) is 1.70. The Kier molecular flexibility index (Phi) is 4.62. The minimum atomic E-state index is -0.185. The van der Waals surface area contributed by atoms with E-state index in [-0.39, 0.29) is 17.0 Å². The Morgan fingerprint density at radius 3 is 2.69 bits per heavy atom. The fourth-order valence-corrected chi connectivity index (χ4v) is 1.43. The van der Waals surface area contributed by atoms with Crippen LogP contribution in [0.1, 0.15) is 23.7 Å². The predicted octanol–water partition coefficient (Wildman–Crippen LogP) is 2.48. The molecular formula is C12H16ClNO2. The number of benzene rings is 1. The number of phenolic OH excluding ortho intramolecular Hbond substituents is 1. The summed E-state index contributed by atoms with van der Waals surface area (Å²) in [6, 6.07) is 6.53. The first-order valence-corrected chi connectivity index (χ1v) is 5.63. The van der Waals surface area contributed by atoms with Crippen molar-refractivity contribution >= 4 is 17.5 Å². The van der Waals surface area contributed by atoms with Gasteiger partial charge in [0.2, 0.25) is 0 Å². The van der Waals surface area contributed by atoms with E-state index in [9.17, 15) is 9.90 Å². The lowest BCUT2D eigenvalue weighted by Crippen LogP contribution is -2.28. The number of hydrogen-bond acceptors (Lipinski definition) is 2. The van der Waals surface area contributed by atoms with Gasteiger partial charge in [0, 0.05) is 19.0 Å². The van der Waals surface area contributed by atoms with Crippen LogP contribution in [0.4, 0.5) is 0 Å². The van der Waals surface area contributed by atoms with E-state index in [2.05, 4.69) is 0 Å². The molecule has 1 N–H and O–H groups in total. The summed E-state index contributed by atoms with van der Waals surface area (Å²) in [5.74, 6) is -0.173. The average Bonchev–Trinajstić information content (AvgIpc) is 2.25. The molecule has 0 heterocycles. The normalized spacial score (nSPS) is 12.2. The van der Waals surface area contributed by atoms with Gasteiger partial charge in [0.25, 0.3) is 5.91 Å². The van der Waals surface area contributed by atoms with Crippen LogP contribution in [-0.2, 0) is 0 Å². The fraction of sp³-hybridized carbons (Fsp3) is 0.417. The first-order chi connectivity index (χ1) is 7.52. The number of carbonyl (C=O) groups excluding carboxylic acids is 1. The second-order valence-electron chi connectivity index (χ2n) is 3.81. The van der Waals surface area contributed by atoms with Crippen LogP contribution in [-0.4, -0.2) is 34.9 Å². The zero-order valence-electron chi connectivity index (χ0n) is 9.48. The molecule has 0 aromatic heterocycles. The summed E-state index contributed by atoms with van der Waals surface area (Å²) in [4.78, 5) is 13.5. The van der Waals surface area contributed by atoms with E-state index >= 15 is 0 Å². The molecule has 0 aliphatic heterocycles. The Morgan fingerprint density at radius 1 is 1.50 bits per heavy atom. The second-order valence-corrected chi connectivity index (χ2v) is 4.56. The number of amides is 1. The monoisotopic (exact) mass is 241 g/mol. The van der Waals surface area contributed by atoms with E-state index in [0.29, 0.717) is 12.1 Å². The van der Waals surface area contributed by atoms with Gasteiger partial charge in [0.15, 0.2) is 0 Å². The van der Waals surface area contributed by atoms with Gasteiger partial charge >= 0.3 is 0 Å². The van der Waals surface area contributed by atoms with Crippen LogP contribution < -0.4 is 0 Å². The SMILES string of the molecule is CC(Cl)CCN(C)C(=O)c1ccccc1O. The summed E-state index contributed by atoms with van der Waals surface area (Å²) in [5, 5.41) is 9.57. The van der Waals surface area contributed by atoms with Crippen molar-refractivity contribution in [3.63, 3.8) is 0 Å². The summed E-state index contributed by atoms with van der Waals surface area (Å²) < 4.78 is 0. The van der Waals surface area contributed by atoms with Crippen LogP contribution in [0.3, 0.4) is 0 Å². The van der Waals surface area contributed by atoms with E-state index in [4.69, 9.17) is 11.6 Å². The number of halogens is 1. The first-order valence-electron chi connectivity index (χ1n) is 5.20. The number of phenols is 1. The third kappa shape index (κ3) is 3.42. The number of rotatable bonds is 4. The Bertz CT molecular complexity index is 366. The minimum absolute atomic E-state index is 0.0123. The van der Waals surface area contributed by atoms with Crippen LogP contribution in [0.2, 0.25) is 0 Å². The van der Waals surface area contributed by atoms with Gasteiger partial charge in [-0.2, -0.15) is 0 Å². The summed E-state index contributed by atoms with van der Waals surface area (Å²) in [5.41, 5.74) is 0.326. The fourth-order valence-electron chi connectivity index (χ4n) is 1.33. The van der Waals surface area contributed by atoms with Gasteiger partial charge < -0.3 is 10.0 Å². The lowest BCUT2D eigenvalue weighted by Gasteiger charge is -2.18. The molecular weight excluding hydrogens is 226 g/mol.